The summed E-state index contributed by atoms with van der Waals surface area (Å²) in [4.78, 5) is 34.0. The van der Waals surface area contributed by atoms with Crippen molar-refractivity contribution in [2.24, 2.45) is 0 Å². The summed E-state index contributed by atoms with van der Waals surface area (Å²) in [6, 6.07) is 11.6. The quantitative estimate of drug-likeness (QED) is 0.701. The molecular formula is C21H21FN4O2. The predicted molar refractivity (Wildman–Crippen MR) is 106 cm³/mol. The van der Waals surface area contributed by atoms with Crippen LogP contribution in [-0.4, -0.2) is 46.5 Å². The van der Waals surface area contributed by atoms with E-state index in [9.17, 15) is 14.0 Å². The van der Waals surface area contributed by atoms with Gasteiger partial charge in [-0.1, -0.05) is 0 Å². The van der Waals surface area contributed by atoms with Crippen molar-refractivity contribution in [2.45, 2.75) is 13.5 Å². The van der Waals surface area contributed by atoms with Gasteiger partial charge in [0.05, 0.1) is 0 Å². The second-order valence-corrected chi connectivity index (χ2v) is 6.78. The summed E-state index contributed by atoms with van der Waals surface area (Å²) < 4.78 is 14.7. The van der Waals surface area contributed by atoms with Gasteiger partial charge in [0.25, 0.3) is 11.5 Å². The third kappa shape index (κ3) is 3.24. The molecule has 3 heterocycles. The van der Waals surface area contributed by atoms with E-state index in [1.165, 1.54) is 16.7 Å². The number of benzene rings is 1. The summed E-state index contributed by atoms with van der Waals surface area (Å²) in [5.41, 5.74) is 1.39. The van der Waals surface area contributed by atoms with E-state index in [2.05, 4.69) is 9.88 Å². The van der Waals surface area contributed by atoms with Crippen molar-refractivity contribution in [1.82, 2.24) is 14.5 Å². The van der Waals surface area contributed by atoms with Crippen molar-refractivity contribution in [3.05, 3.63) is 70.4 Å². The molecule has 0 spiro atoms. The van der Waals surface area contributed by atoms with Gasteiger partial charge in [0, 0.05) is 50.0 Å². The SMILES string of the molecule is CCn1c(=O)c(C(=O)N2CCN(c3ccc(F)cc3)CC2)cc2cccnc21. The number of hydrogen-bond acceptors (Lipinski definition) is 4. The van der Waals surface area contributed by atoms with Crippen molar-refractivity contribution < 1.29 is 9.18 Å². The zero-order valence-corrected chi connectivity index (χ0v) is 15.6. The number of aromatic nitrogens is 2. The number of rotatable bonds is 3. The summed E-state index contributed by atoms with van der Waals surface area (Å²) in [5, 5.41) is 0.775. The molecule has 1 saturated heterocycles. The number of hydrogen-bond donors (Lipinski definition) is 0. The van der Waals surface area contributed by atoms with E-state index in [1.54, 1.807) is 35.4 Å². The van der Waals surface area contributed by atoms with Crippen LogP contribution in [0.25, 0.3) is 11.0 Å². The van der Waals surface area contributed by atoms with E-state index in [4.69, 9.17) is 0 Å². The first-order valence-corrected chi connectivity index (χ1v) is 9.37. The average Bonchev–Trinajstić information content (AvgIpc) is 2.73. The number of pyridine rings is 2. The Labute approximate surface area is 161 Å². The summed E-state index contributed by atoms with van der Waals surface area (Å²) >= 11 is 0. The van der Waals surface area contributed by atoms with E-state index in [0.717, 1.165) is 11.1 Å². The van der Waals surface area contributed by atoms with Gasteiger partial charge in [-0.2, -0.15) is 0 Å². The molecule has 1 aliphatic heterocycles. The Bertz CT molecular complexity index is 1070. The van der Waals surface area contributed by atoms with Crippen LogP contribution in [0.5, 0.6) is 0 Å². The topological polar surface area (TPSA) is 58.4 Å². The molecule has 6 nitrogen and oxygen atoms in total. The normalized spacial score (nSPS) is 14.5. The third-order valence-electron chi connectivity index (χ3n) is 5.15. The van der Waals surface area contributed by atoms with Crippen molar-refractivity contribution in [3.63, 3.8) is 0 Å². The molecule has 144 valence electrons. The predicted octanol–water partition coefficient (Wildman–Crippen LogP) is 2.52. The molecule has 0 N–H and O–H groups in total. The van der Waals surface area contributed by atoms with Gasteiger partial charge in [0.2, 0.25) is 0 Å². The monoisotopic (exact) mass is 380 g/mol. The van der Waals surface area contributed by atoms with Crippen molar-refractivity contribution in [3.8, 4) is 0 Å². The zero-order chi connectivity index (χ0) is 19.7. The van der Waals surface area contributed by atoms with Crippen LogP contribution in [0.3, 0.4) is 0 Å². The Balaban J connectivity index is 1.57. The molecule has 0 radical (unpaired) electrons. The van der Waals surface area contributed by atoms with Crippen LogP contribution in [0, 0.1) is 5.82 Å². The smallest absolute Gasteiger partial charge is 0.265 e. The molecule has 4 rings (SSSR count). The van der Waals surface area contributed by atoms with E-state index >= 15 is 0 Å². The highest BCUT2D eigenvalue weighted by Gasteiger charge is 2.25. The maximum atomic E-state index is 13.1. The van der Waals surface area contributed by atoms with E-state index < -0.39 is 0 Å². The van der Waals surface area contributed by atoms with Crippen molar-refractivity contribution >= 4 is 22.6 Å². The minimum absolute atomic E-state index is 0.178. The van der Waals surface area contributed by atoms with Crippen LogP contribution < -0.4 is 10.5 Å². The van der Waals surface area contributed by atoms with E-state index in [-0.39, 0.29) is 22.8 Å². The van der Waals surface area contributed by atoms with Gasteiger partial charge >= 0.3 is 0 Å². The number of nitrogens with zero attached hydrogens (tertiary/aromatic N) is 4. The molecule has 0 saturated carbocycles. The maximum absolute atomic E-state index is 13.1. The van der Waals surface area contributed by atoms with Crippen LogP contribution in [0.2, 0.25) is 0 Å². The third-order valence-corrected chi connectivity index (χ3v) is 5.15. The molecule has 7 heteroatoms. The first-order valence-electron chi connectivity index (χ1n) is 9.37. The van der Waals surface area contributed by atoms with Gasteiger partial charge in [-0.25, -0.2) is 9.37 Å². The minimum Gasteiger partial charge on any atom is -0.368 e. The summed E-state index contributed by atoms with van der Waals surface area (Å²) in [6.07, 6.45) is 1.64. The minimum atomic E-state index is -0.306. The maximum Gasteiger partial charge on any atom is 0.265 e. The molecular weight excluding hydrogens is 359 g/mol. The van der Waals surface area contributed by atoms with Gasteiger partial charge in [-0.15, -0.1) is 0 Å². The fourth-order valence-corrected chi connectivity index (χ4v) is 3.64. The fourth-order valence-electron chi connectivity index (χ4n) is 3.64. The lowest BCUT2D eigenvalue weighted by atomic mass is 10.1. The highest BCUT2D eigenvalue weighted by molar-refractivity contribution is 5.97. The molecule has 0 atom stereocenters. The second-order valence-electron chi connectivity index (χ2n) is 6.78. The Morgan fingerprint density at radius 3 is 2.50 bits per heavy atom. The lowest BCUT2D eigenvalue weighted by Crippen LogP contribution is -2.50. The molecule has 0 unspecified atom stereocenters. The Morgan fingerprint density at radius 1 is 1.11 bits per heavy atom. The van der Waals surface area contributed by atoms with Crippen LogP contribution in [0.1, 0.15) is 17.3 Å². The highest BCUT2D eigenvalue weighted by atomic mass is 19.1. The number of amides is 1. The first-order chi connectivity index (χ1) is 13.6. The van der Waals surface area contributed by atoms with Gasteiger partial charge in [-0.3, -0.25) is 14.2 Å². The van der Waals surface area contributed by atoms with Crippen molar-refractivity contribution in [2.75, 3.05) is 31.1 Å². The number of aryl methyl sites for hydroxylation is 1. The van der Waals surface area contributed by atoms with Crippen LogP contribution >= 0.6 is 0 Å². The van der Waals surface area contributed by atoms with Gasteiger partial charge in [-0.05, 0) is 49.4 Å². The summed E-state index contributed by atoms with van der Waals surface area (Å²) in [5.74, 6) is -0.521. The molecule has 1 amide bonds. The number of anilines is 1. The van der Waals surface area contributed by atoms with Gasteiger partial charge < -0.3 is 9.80 Å². The van der Waals surface area contributed by atoms with Crippen molar-refractivity contribution in [1.29, 1.82) is 0 Å². The first kappa shape index (κ1) is 18.2. The number of carbonyl (C=O) groups excluding carboxylic acids is 1. The van der Waals surface area contributed by atoms with Crippen LogP contribution in [-0.2, 0) is 6.54 Å². The van der Waals surface area contributed by atoms with E-state index in [1.807, 2.05) is 13.0 Å². The molecule has 1 fully saturated rings. The second kappa shape index (κ2) is 7.42. The number of fused-ring (bicyclic) bond motifs is 1. The summed E-state index contributed by atoms with van der Waals surface area (Å²) in [6.45, 7) is 4.60. The summed E-state index contributed by atoms with van der Waals surface area (Å²) in [7, 11) is 0. The number of halogens is 1. The average molecular weight is 380 g/mol. The van der Waals surface area contributed by atoms with Crippen LogP contribution in [0.4, 0.5) is 10.1 Å². The van der Waals surface area contributed by atoms with Gasteiger partial charge in [0.1, 0.15) is 17.0 Å². The Kier molecular flexibility index (Phi) is 4.81. The number of piperazine rings is 1. The molecule has 2 aromatic heterocycles. The van der Waals surface area contributed by atoms with Gasteiger partial charge in [0.15, 0.2) is 0 Å². The largest absolute Gasteiger partial charge is 0.368 e. The molecule has 28 heavy (non-hydrogen) atoms. The molecule has 1 aliphatic rings. The van der Waals surface area contributed by atoms with Crippen LogP contribution in [0.15, 0.2) is 53.5 Å². The fraction of sp³-hybridized carbons (Fsp3) is 0.286. The molecule has 3 aromatic rings. The highest BCUT2D eigenvalue weighted by Crippen LogP contribution is 2.18. The Morgan fingerprint density at radius 2 is 1.82 bits per heavy atom. The molecule has 0 aliphatic carbocycles. The lowest BCUT2D eigenvalue weighted by Gasteiger charge is -2.36. The number of carbonyl (C=O) groups is 1. The lowest BCUT2D eigenvalue weighted by molar-refractivity contribution is 0.0744. The Hall–Kier alpha value is -3.22. The standard InChI is InChI=1S/C21H21FN4O2/c1-2-26-19-15(4-3-9-23-19)14-18(21(26)28)20(27)25-12-10-24(11-13-25)17-7-5-16(22)6-8-17/h3-9,14H,2,10-13H2,1H3. The molecule has 0 bridgehead atoms. The zero-order valence-electron chi connectivity index (χ0n) is 15.6. The van der Waals surface area contributed by atoms with E-state index in [0.29, 0.717) is 38.4 Å². The molecule has 1 aromatic carbocycles.